The van der Waals surface area contributed by atoms with Gasteiger partial charge >= 0.3 is 0 Å². The van der Waals surface area contributed by atoms with Crippen molar-refractivity contribution in [2.24, 2.45) is 10.8 Å². The highest BCUT2D eigenvalue weighted by molar-refractivity contribution is 5.21. The van der Waals surface area contributed by atoms with Crippen molar-refractivity contribution in [1.82, 2.24) is 0 Å². The molecule has 3 aliphatic carbocycles. The van der Waals surface area contributed by atoms with E-state index in [0.717, 1.165) is 0 Å². The summed E-state index contributed by atoms with van der Waals surface area (Å²) in [5.41, 5.74) is 0.569. The summed E-state index contributed by atoms with van der Waals surface area (Å²) in [5, 5.41) is 9.92. The van der Waals surface area contributed by atoms with E-state index in [0.29, 0.717) is 10.8 Å². The molecule has 0 atom stereocenters. The van der Waals surface area contributed by atoms with Gasteiger partial charge in [-0.2, -0.15) is 0 Å². The van der Waals surface area contributed by atoms with E-state index in [4.69, 9.17) is 0 Å². The molecule has 70 valence electrons. The van der Waals surface area contributed by atoms with E-state index < -0.39 is 5.60 Å². The maximum absolute atomic E-state index is 9.92. The van der Waals surface area contributed by atoms with Crippen LogP contribution in [0.4, 0.5) is 0 Å². The van der Waals surface area contributed by atoms with E-state index in [-0.39, 0.29) is 0 Å². The first-order valence-corrected chi connectivity index (χ1v) is 5.16. The quantitative estimate of drug-likeness (QED) is 0.687. The van der Waals surface area contributed by atoms with Crippen molar-refractivity contribution >= 4 is 0 Å². The highest BCUT2D eigenvalue weighted by Gasteiger charge is 2.71. The Hall–Kier alpha value is -0.0400. The SMILES string of the molecule is CCCC12CC(C(C)(C)O)(C1)C2. The summed E-state index contributed by atoms with van der Waals surface area (Å²) in [6, 6.07) is 0. The molecule has 3 saturated carbocycles. The third-order valence-electron chi connectivity index (χ3n) is 4.22. The molecule has 1 heteroatoms. The van der Waals surface area contributed by atoms with Gasteiger partial charge in [0.2, 0.25) is 0 Å². The molecule has 12 heavy (non-hydrogen) atoms. The second kappa shape index (κ2) is 2.06. The summed E-state index contributed by atoms with van der Waals surface area (Å²) in [7, 11) is 0. The largest absolute Gasteiger partial charge is 0.390 e. The Morgan fingerprint density at radius 2 is 1.75 bits per heavy atom. The number of rotatable bonds is 3. The van der Waals surface area contributed by atoms with Crippen molar-refractivity contribution in [2.45, 2.75) is 58.5 Å². The summed E-state index contributed by atoms with van der Waals surface area (Å²) in [4.78, 5) is 0. The Bertz CT molecular complexity index is 180. The van der Waals surface area contributed by atoms with Gasteiger partial charge in [-0.05, 0) is 44.9 Å². The van der Waals surface area contributed by atoms with Gasteiger partial charge in [-0.3, -0.25) is 0 Å². The van der Waals surface area contributed by atoms with Gasteiger partial charge in [-0.15, -0.1) is 0 Å². The van der Waals surface area contributed by atoms with E-state index >= 15 is 0 Å². The average Bonchev–Trinajstić information content (AvgIpc) is 1.70. The minimum atomic E-state index is -0.428. The van der Waals surface area contributed by atoms with Crippen molar-refractivity contribution < 1.29 is 5.11 Å². The lowest BCUT2D eigenvalue weighted by Gasteiger charge is -2.75. The van der Waals surface area contributed by atoms with Crippen LogP contribution in [0.1, 0.15) is 52.9 Å². The van der Waals surface area contributed by atoms with E-state index in [2.05, 4.69) is 6.92 Å². The zero-order valence-electron chi connectivity index (χ0n) is 8.48. The van der Waals surface area contributed by atoms with Crippen LogP contribution in [0.2, 0.25) is 0 Å². The molecule has 0 aromatic heterocycles. The molecule has 0 amide bonds. The summed E-state index contributed by atoms with van der Waals surface area (Å²) in [5.74, 6) is 0. The lowest BCUT2D eigenvalue weighted by molar-refractivity contribution is -0.288. The third kappa shape index (κ3) is 0.834. The summed E-state index contributed by atoms with van der Waals surface area (Å²) >= 11 is 0. The zero-order chi connectivity index (χ0) is 9.04. The van der Waals surface area contributed by atoms with Gasteiger partial charge in [0.15, 0.2) is 0 Å². The van der Waals surface area contributed by atoms with Gasteiger partial charge in [-0.1, -0.05) is 13.3 Å². The molecule has 0 spiro atoms. The molecule has 3 aliphatic rings. The van der Waals surface area contributed by atoms with Crippen LogP contribution < -0.4 is 0 Å². The highest BCUT2D eigenvalue weighted by Crippen LogP contribution is 2.78. The molecule has 0 aromatic carbocycles. The topological polar surface area (TPSA) is 20.2 Å². The van der Waals surface area contributed by atoms with Crippen LogP contribution in [0.15, 0.2) is 0 Å². The molecule has 0 saturated heterocycles. The number of hydrogen-bond donors (Lipinski definition) is 1. The lowest BCUT2D eigenvalue weighted by Crippen LogP contribution is -2.69. The molecular formula is C11H20O. The van der Waals surface area contributed by atoms with E-state index in [1.807, 2.05) is 13.8 Å². The molecule has 0 heterocycles. The van der Waals surface area contributed by atoms with E-state index in [1.54, 1.807) is 0 Å². The summed E-state index contributed by atoms with van der Waals surface area (Å²) < 4.78 is 0. The van der Waals surface area contributed by atoms with Gasteiger partial charge < -0.3 is 5.11 Å². The fourth-order valence-corrected chi connectivity index (χ4v) is 3.44. The van der Waals surface area contributed by atoms with Gasteiger partial charge in [0, 0.05) is 5.41 Å². The van der Waals surface area contributed by atoms with Gasteiger partial charge in [0.05, 0.1) is 5.60 Å². The van der Waals surface area contributed by atoms with Crippen LogP contribution in [-0.4, -0.2) is 10.7 Å². The Kier molecular flexibility index (Phi) is 1.47. The molecule has 1 nitrogen and oxygen atoms in total. The fourth-order valence-electron chi connectivity index (χ4n) is 3.44. The summed E-state index contributed by atoms with van der Waals surface area (Å²) in [6.45, 7) is 6.21. The van der Waals surface area contributed by atoms with Gasteiger partial charge in [-0.25, -0.2) is 0 Å². The van der Waals surface area contributed by atoms with Crippen LogP contribution in [0, 0.1) is 10.8 Å². The Morgan fingerprint density at radius 3 is 2.08 bits per heavy atom. The van der Waals surface area contributed by atoms with Crippen molar-refractivity contribution in [3.8, 4) is 0 Å². The lowest BCUT2D eigenvalue weighted by atomic mass is 9.30. The van der Waals surface area contributed by atoms with Crippen molar-refractivity contribution in [3.63, 3.8) is 0 Å². The van der Waals surface area contributed by atoms with Crippen molar-refractivity contribution in [2.75, 3.05) is 0 Å². The van der Waals surface area contributed by atoms with Crippen molar-refractivity contribution in [3.05, 3.63) is 0 Å². The first-order chi connectivity index (χ1) is 5.43. The molecule has 0 aliphatic heterocycles. The molecule has 0 radical (unpaired) electrons. The van der Waals surface area contributed by atoms with E-state index in [9.17, 15) is 5.11 Å². The zero-order valence-corrected chi connectivity index (χ0v) is 8.48. The second-order valence-corrected chi connectivity index (χ2v) is 5.62. The average molecular weight is 168 g/mol. The fraction of sp³-hybridized carbons (Fsp3) is 1.00. The summed E-state index contributed by atoms with van der Waals surface area (Å²) in [6.07, 6.45) is 6.55. The van der Waals surface area contributed by atoms with Crippen LogP contribution in [0.5, 0.6) is 0 Å². The van der Waals surface area contributed by atoms with Crippen LogP contribution in [0.25, 0.3) is 0 Å². The second-order valence-electron chi connectivity index (χ2n) is 5.62. The monoisotopic (exact) mass is 168 g/mol. The molecule has 1 N–H and O–H groups in total. The maximum atomic E-state index is 9.92. The number of hydrogen-bond acceptors (Lipinski definition) is 1. The molecule has 0 aromatic rings. The van der Waals surface area contributed by atoms with E-state index in [1.165, 1.54) is 32.1 Å². The minimum Gasteiger partial charge on any atom is -0.390 e. The van der Waals surface area contributed by atoms with Gasteiger partial charge in [0.25, 0.3) is 0 Å². The first-order valence-electron chi connectivity index (χ1n) is 5.16. The molecule has 0 unspecified atom stereocenters. The molecular weight excluding hydrogens is 148 g/mol. The highest BCUT2D eigenvalue weighted by atomic mass is 16.3. The Morgan fingerprint density at radius 1 is 1.25 bits per heavy atom. The van der Waals surface area contributed by atoms with Crippen molar-refractivity contribution in [1.29, 1.82) is 0 Å². The maximum Gasteiger partial charge on any atom is 0.0648 e. The predicted molar refractivity (Wildman–Crippen MR) is 49.9 cm³/mol. The van der Waals surface area contributed by atoms with Gasteiger partial charge in [0.1, 0.15) is 0 Å². The predicted octanol–water partition coefficient (Wildman–Crippen LogP) is 2.73. The first kappa shape index (κ1) is 8.55. The molecule has 3 rings (SSSR count). The third-order valence-corrected chi connectivity index (χ3v) is 4.22. The molecule has 2 bridgehead atoms. The normalized spacial score (nSPS) is 45.0. The Balaban J connectivity index is 1.95. The molecule has 3 fully saturated rings. The van der Waals surface area contributed by atoms with Crippen LogP contribution in [0.3, 0.4) is 0 Å². The standard InChI is InChI=1S/C11H20O/c1-4-5-10-6-11(7-10,8-10)9(2,3)12/h12H,4-8H2,1-3H3. The van der Waals surface area contributed by atoms with Crippen LogP contribution >= 0.6 is 0 Å². The smallest absolute Gasteiger partial charge is 0.0648 e. The Labute approximate surface area is 75.2 Å². The van der Waals surface area contributed by atoms with Crippen LogP contribution in [-0.2, 0) is 0 Å². The minimum absolute atomic E-state index is 0.322. The number of aliphatic hydroxyl groups is 1.